The second-order valence-electron chi connectivity index (χ2n) is 5.28. The molecule has 4 heteroatoms. The van der Waals surface area contributed by atoms with Gasteiger partial charge in [-0.25, -0.2) is 8.78 Å². The average molecular weight is 268 g/mol. The summed E-state index contributed by atoms with van der Waals surface area (Å²) in [5.41, 5.74) is 0.838. The van der Waals surface area contributed by atoms with E-state index in [2.05, 4.69) is 17.1 Å². The maximum atomic E-state index is 13.2. The third kappa shape index (κ3) is 4.25. The fraction of sp³-hybridized carbons (Fsp3) is 0.600. The van der Waals surface area contributed by atoms with Gasteiger partial charge in [0.25, 0.3) is 0 Å². The highest BCUT2D eigenvalue weighted by molar-refractivity contribution is 5.17. The van der Waals surface area contributed by atoms with Crippen molar-refractivity contribution < 1.29 is 8.78 Å². The summed E-state index contributed by atoms with van der Waals surface area (Å²) in [5.74, 6) is -1.53. The van der Waals surface area contributed by atoms with E-state index in [-0.39, 0.29) is 0 Å². The Morgan fingerprint density at radius 3 is 2.79 bits per heavy atom. The molecule has 1 aliphatic heterocycles. The maximum Gasteiger partial charge on any atom is 0.159 e. The first-order chi connectivity index (χ1) is 9.19. The molecule has 0 saturated carbocycles. The minimum Gasteiger partial charge on any atom is -0.313 e. The predicted molar refractivity (Wildman–Crippen MR) is 73.0 cm³/mol. The number of hydrogen-bond donors (Lipinski definition) is 1. The molecule has 1 atom stereocenters. The van der Waals surface area contributed by atoms with Crippen molar-refractivity contribution in [2.75, 3.05) is 19.6 Å². The first kappa shape index (κ1) is 14.4. The summed E-state index contributed by atoms with van der Waals surface area (Å²) in [6.45, 7) is 5.88. The molecule has 0 spiro atoms. The highest BCUT2D eigenvalue weighted by Crippen LogP contribution is 2.13. The van der Waals surface area contributed by atoms with Gasteiger partial charge in [-0.15, -0.1) is 0 Å². The first-order valence-electron chi connectivity index (χ1n) is 7.08. The minimum atomic E-state index is -0.775. The molecule has 1 aromatic carbocycles. The Morgan fingerprint density at radius 2 is 2.16 bits per heavy atom. The predicted octanol–water partition coefficient (Wildman–Crippen LogP) is 2.93. The van der Waals surface area contributed by atoms with Gasteiger partial charge < -0.3 is 5.32 Å². The van der Waals surface area contributed by atoms with Crippen LogP contribution in [0.25, 0.3) is 0 Å². The monoisotopic (exact) mass is 268 g/mol. The third-order valence-corrected chi connectivity index (χ3v) is 3.57. The van der Waals surface area contributed by atoms with Gasteiger partial charge in [0, 0.05) is 19.1 Å². The van der Waals surface area contributed by atoms with E-state index in [0.717, 1.165) is 31.6 Å². The Balaban J connectivity index is 1.96. The number of halogens is 2. The molecule has 2 nitrogen and oxygen atoms in total. The molecule has 1 saturated heterocycles. The summed E-state index contributed by atoms with van der Waals surface area (Å²) in [5, 5.41) is 3.48. The van der Waals surface area contributed by atoms with Crippen molar-refractivity contribution in [3.63, 3.8) is 0 Å². The van der Waals surface area contributed by atoms with E-state index >= 15 is 0 Å². The molecule has 106 valence electrons. The molecule has 0 amide bonds. The van der Waals surface area contributed by atoms with E-state index in [9.17, 15) is 8.78 Å². The van der Waals surface area contributed by atoms with E-state index < -0.39 is 11.6 Å². The molecule has 1 fully saturated rings. The first-order valence-corrected chi connectivity index (χ1v) is 7.08. The number of hydrogen-bond acceptors (Lipinski definition) is 2. The van der Waals surface area contributed by atoms with Crippen molar-refractivity contribution in [3.8, 4) is 0 Å². The molecule has 1 unspecified atom stereocenters. The summed E-state index contributed by atoms with van der Waals surface area (Å²) in [7, 11) is 0. The van der Waals surface area contributed by atoms with Crippen molar-refractivity contribution in [1.82, 2.24) is 10.2 Å². The van der Waals surface area contributed by atoms with Gasteiger partial charge in [0.05, 0.1) is 0 Å². The molecule has 0 bridgehead atoms. The Bertz CT molecular complexity index is 403. The molecule has 1 heterocycles. The number of nitrogens with one attached hydrogen (secondary N) is 1. The number of rotatable bonds is 6. The minimum absolute atomic E-state index is 0.539. The number of nitrogens with zero attached hydrogens (tertiary/aromatic N) is 1. The van der Waals surface area contributed by atoms with Crippen LogP contribution < -0.4 is 5.32 Å². The summed E-state index contributed by atoms with van der Waals surface area (Å²) in [6.07, 6.45) is 3.50. The summed E-state index contributed by atoms with van der Waals surface area (Å²) in [6, 6.07) is 4.73. The van der Waals surface area contributed by atoms with Crippen molar-refractivity contribution in [3.05, 3.63) is 35.4 Å². The fourth-order valence-corrected chi connectivity index (χ4v) is 2.67. The van der Waals surface area contributed by atoms with Crippen LogP contribution in [0.15, 0.2) is 18.2 Å². The van der Waals surface area contributed by atoms with Crippen LogP contribution in [0.5, 0.6) is 0 Å². The zero-order valence-electron chi connectivity index (χ0n) is 11.5. The lowest BCUT2D eigenvalue weighted by atomic mass is 10.1. The summed E-state index contributed by atoms with van der Waals surface area (Å²) >= 11 is 0. The Hall–Kier alpha value is -1.00. The van der Waals surface area contributed by atoms with E-state index in [1.54, 1.807) is 6.07 Å². The fourth-order valence-electron chi connectivity index (χ4n) is 2.67. The van der Waals surface area contributed by atoms with E-state index in [1.165, 1.54) is 25.0 Å². The largest absolute Gasteiger partial charge is 0.313 e. The average Bonchev–Trinajstić information content (AvgIpc) is 2.87. The van der Waals surface area contributed by atoms with Crippen LogP contribution in [-0.4, -0.2) is 30.6 Å². The van der Waals surface area contributed by atoms with Crippen molar-refractivity contribution in [1.29, 1.82) is 0 Å². The Morgan fingerprint density at radius 1 is 1.32 bits per heavy atom. The van der Waals surface area contributed by atoms with Gasteiger partial charge in [0.15, 0.2) is 11.6 Å². The molecular formula is C15H22F2N2. The Labute approximate surface area is 113 Å². The lowest BCUT2D eigenvalue weighted by molar-refractivity contribution is 0.241. The maximum absolute atomic E-state index is 13.2. The van der Waals surface area contributed by atoms with Crippen LogP contribution >= 0.6 is 0 Å². The van der Waals surface area contributed by atoms with E-state index in [1.807, 2.05) is 0 Å². The SMILES string of the molecule is CCCN(Cc1ccc(F)c(F)c1)CC1CCCN1. The highest BCUT2D eigenvalue weighted by atomic mass is 19.2. The smallest absolute Gasteiger partial charge is 0.159 e. The highest BCUT2D eigenvalue weighted by Gasteiger charge is 2.17. The topological polar surface area (TPSA) is 15.3 Å². The second-order valence-corrected chi connectivity index (χ2v) is 5.28. The molecule has 19 heavy (non-hydrogen) atoms. The molecule has 1 N–H and O–H groups in total. The quantitative estimate of drug-likeness (QED) is 0.853. The molecular weight excluding hydrogens is 246 g/mol. The van der Waals surface area contributed by atoms with Gasteiger partial charge in [0.1, 0.15) is 0 Å². The van der Waals surface area contributed by atoms with Gasteiger partial charge in [0.2, 0.25) is 0 Å². The zero-order valence-corrected chi connectivity index (χ0v) is 11.5. The van der Waals surface area contributed by atoms with Crippen molar-refractivity contribution in [2.24, 2.45) is 0 Å². The standard InChI is InChI=1S/C15H22F2N2/c1-2-8-19(11-13-4-3-7-18-13)10-12-5-6-14(16)15(17)9-12/h5-6,9,13,18H,2-4,7-8,10-11H2,1H3. The van der Waals surface area contributed by atoms with Gasteiger partial charge in [-0.05, 0) is 50.0 Å². The molecule has 0 aliphatic carbocycles. The van der Waals surface area contributed by atoms with Crippen molar-refractivity contribution >= 4 is 0 Å². The van der Waals surface area contributed by atoms with Gasteiger partial charge in [-0.3, -0.25) is 4.90 Å². The number of benzene rings is 1. The van der Waals surface area contributed by atoms with Crippen LogP contribution in [0.1, 0.15) is 31.7 Å². The van der Waals surface area contributed by atoms with Gasteiger partial charge in [-0.2, -0.15) is 0 Å². The zero-order chi connectivity index (χ0) is 13.7. The molecule has 1 aromatic rings. The molecule has 1 aliphatic rings. The molecule has 0 aromatic heterocycles. The van der Waals surface area contributed by atoms with Gasteiger partial charge >= 0.3 is 0 Å². The van der Waals surface area contributed by atoms with E-state index in [0.29, 0.717) is 12.6 Å². The summed E-state index contributed by atoms with van der Waals surface area (Å²) in [4.78, 5) is 2.32. The lowest BCUT2D eigenvalue weighted by Gasteiger charge is -2.25. The van der Waals surface area contributed by atoms with E-state index in [4.69, 9.17) is 0 Å². The van der Waals surface area contributed by atoms with Crippen LogP contribution in [0, 0.1) is 11.6 Å². The lowest BCUT2D eigenvalue weighted by Crippen LogP contribution is -2.37. The van der Waals surface area contributed by atoms with Crippen molar-refractivity contribution in [2.45, 2.75) is 38.8 Å². The second kappa shape index (κ2) is 6.96. The Kier molecular flexibility index (Phi) is 5.28. The van der Waals surface area contributed by atoms with Crippen LogP contribution in [0.3, 0.4) is 0 Å². The summed E-state index contributed by atoms with van der Waals surface area (Å²) < 4.78 is 26.1. The molecule has 0 radical (unpaired) electrons. The normalized spacial score (nSPS) is 19.3. The van der Waals surface area contributed by atoms with Crippen LogP contribution in [0.4, 0.5) is 8.78 Å². The third-order valence-electron chi connectivity index (χ3n) is 3.57. The van der Waals surface area contributed by atoms with Crippen LogP contribution in [0.2, 0.25) is 0 Å². The van der Waals surface area contributed by atoms with Crippen LogP contribution in [-0.2, 0) is 6.54 Å². The molecule has 2 rings (SSSR count). The van der Waals surface area contributed by atoms with Gasteiger partial charge in [-0.1, -0.05) is 13.0 Å².